The van der Waals surface area contributed by atoms with Gasteiger partial charge in [0.15, 0.2) is 104 Å². The Balaban J connectivity index is 0.000000221. The minimum absolute atomic E-state index is 0.0246. The predicted molar refractivity (Wildman–Crippen MR) is 407 cm³/mol. The van der Waals surface area contributed by atoms with Crippen molar-refractivity contribution in [3.05, 3.63) is 215 Å². The molecule has 0 spiro atoms. The number of pyridine rings is 2. The lowest BCUT2D eigenvalue weighted by Gasteiger charge is -2.15. The van der Waals surface area contributed by atoms with E-state index in [2.05, 4.69) is 28.7 Å². The van der Waals surface area contributed by atoms with Crippen LogP contribution in [0.1, 0.15) is 149 Å². The third-order valence-corrected chi connectivity index (χ3v) is 16.9. The van der Waals surface area contributed by atoms with E-state index in [0.29, 0.717) is 11.0 Å². The van der Waals surface area contributed by atoms with Gasteiger partial charge in [-0.2, -0.15) is 0 Å². The van der Waals surface area contributed by atoms with Gasteiger partial charge in [-0.15, -0.1) is 0 Å². The number of fused-ring (bicyclic) bond motifs is 2. The second-order valence-corrected chi connectivity index (χ2v) is 25.3. The molecule has 0 unspecified atom stereocenters. The molecule has 0 amide bonds. The van der Waals surface area contributed by atoms with Crippen molar-refractivity contribution in [3.63, 3.8) is 0 Å². The molecule has 3 aliphatic carbocycles. The summed E-state index contributed by atoms with van der Waals surface area (Å²) >= 11 is 0. The molecule has 2 N–H and O–H groups in total. The summed E-state index contributed by atoms with van der Waals surface area (Å²) in [7, 11) is 10.3. The molecule has 0 atom stereocenters. The lowest BCUT2D eigenvalue weighted by atomic mass is 10.0. The van der Waals surface area contributed by atoms with Crippen LogP contribution in [-0.4, -0.2) is 167 Å². The average molecular weight is 1670 g/mol. The zero-order valence-electron chi connectivity index (χ0n) is 65.9. The van der Waals surface area contributed by atoms with Gasteiger partial charge in [0, 0.05) is 51.0 Å². The van der Waals surface area contributed by atoms with Gasteiger partial charge in [-0.05, 0) is 146 Å². The number of nitrogens with zero attached hydrogens (tertiary/aromatic N) is 4. The lowest BCUT2D eigenvalue weighted by Crippen LogP contribution is -2.21. The van der Waals surface area contributed by atoms with Gasteiger partial charge in [0.25, 0.3) is 0 Å². The quantitative estimate of drug-likeness (QED) is 0.00585. The van der Waals surface area contributed by atoms with E-state index < -0.39 is 163 Å². The van der Waals surface area contributed by atoms with Gasteiger partial charge in [0.2, 0.25) is 16.6 Å². The zero-order valence-corrected chi connectivity index (χ0v) is 65.9. The number of rotatable bonds is 26. The zero-order chi connectivity index (χ0) is 87.9. The highest BCUT2D eigenvalue weighted by molar-refractivity contribution is 6.24. The Kier molecular flexibility index (Phi) is 34.2. The first kappa shape index (κ1) is 93.8. The summed E-state index contributed by atoms with van der Waals surface area (Å²) in [5.41, 5.74) is -2.77. The topological polar surface area (TPSA) is 329 Å². The third kappa shape index (κ3) is 23.2. The Labute approximate surface area is 667 Å². The summed E-state index contributed by atoms with van der Waals surface area (Å²) < 4.78 is 187. The number of carbonyl (C=O) groups is 8. The summed E-state index contributed by atoms with van der Waals surface area (Å²) in [5, 5.41) is 19.8. The summed E-state index contributed by atoms with van der Waals surface area (Å²) in [5.74, 6) is -18.8. The summed E-state index contributed by atoms with van der Waals surface area (Å²) in [6, 6.07) is 13.1. The molecule has 11 rings (SSSR count). The van der Waals surface area contributed by atoms with Crippen LogP contribution in [0.5, 0.6) is 34.5 Å². The molecule has 3 aliphatic rings. The highest BCUT2D eigenvalue weighted by atomic mass is 19.2. The molecule has 8 aromatic rings. The molecule has 0 saturated heterocycles. The SMILES string of the molecule is CCOC(=O)/C(=C\N(C)C)C(=O)c1ccc(F)c(OC)c1F.CCOC(=O)C(C=NC1CC1)=C(O)c1ccc(F)c(OC)c1F.CCOC(=O)CC(=O)c1ccc(F)c(OC)c1F.CCOC(=O)c1cn(C2CC2)c2c(OC)c(F)ccc2c1=O.COc1c(F)ccc(C(C)=O)c1F.COc1c(F)ccc2c(=O)c(C(=O)O)cn(C3CC3)c12. The number of halogens is 10. The van der Waals surface area contributed by atoms with Crippen LogP contribution in [0.25, 0.3) is 27.6 Å². The first-order chi connectivity index (χ1) is 56.0. The molecule has 2 aromatic heterocycles. The number of hydrogen-bond acceptors (Lipinski definition) is 23. The van der Waals surface area contributed by atoms with Crippen LogP contribution >= 0.6 is 0 Å². The fraction of sp³-hybridized carbons (Fsp3) is 0.329. The van der Waals surface area contributed by atoms with E-state index in [1.165, 1.54) is 69.1 Å². The summed E-state index contributed by atoms with van der Waals surface area (Å²) in [4.78, 5) is 123. The molecule has 3 fully saturated rings. The van der Waals surface area contributed by atoms with E-state index in [-0.39, 0.29) is 100 Å². The minimum Gasteiger partial charge on any atom is -0.506 e. The van der Waals surface area contributed by atoms with Crippen molar-refractivity contribution in [1.82, 2.24) is 14.0 Å². The largest absolute Gasteiger partial charge is 0.506 e. The van der Waals surface area contributed by atoms with Gasteiger partial charge in [0.05, 0.1) is 119 Å². The van der Waals surface area contributed by atoms with Crippen molar-refractivity contribution in [1.29, 1.82) is 0 Å². The highest BCUT2D eigenvalue weighted by Crippen LogP contribution is 2.42. The van der Waals surface area contributed by atoms with Crippen molar-refractivity contribution >= 4 is 81.0 Å². The number of aliphatic hydroxyl groups is 1. The number of aromatic nitrogens is 2. The molecule has 3 saturated carbocycles. The number of methoxy groups -OCH3 is 6. The summed E-state index contributed by atoms with van der Waals surface area (Å²) in [6.07, 6.45) is 9.90. The molecule has 0 radical (unpaired) electrons. The predicted octanol–water partition coefficient (Wildman–Crippen LogP) is 14.3. The number of hydrogen-bond donors (Lipinski definition) is 2. The molecule has 36 heteroatoms. The van der Waals surface area contributed by atoms with E-state index in [1.54, 1.807) is 50.9 Å². The molecule has 632 valence electrons. The molecule has 2 heterocycles. The van der Waals surface area contributed by atoms with E-state index in [4.69, 9.17) is 28.8 Å². The maximum absolute atomic E-state index is 14.2. The Morgan fingerprint density at radius 1 is 0.458 bits per heavy atom. The van der Waals surface area contributed by atoms with Crippen LogP contribution in [-0.2, 0) is 33.3 Å². The standard InChI is InChI=1S/C16H17F2NO4.C16H16FNO4.C15H17F2NO4.C14H12FNO4.C12H12F2O4.C9H8F2O2/c1-3-23-16(21)11(8-19-9-4-5-9)14(20)10-6-7-12(17)15(22-2)13(10)18;1-3-22-16(20)11-8-18(9-4-5-9)13-10(14(11)19)6-7-12(17)15(13)21-2;1-5-22-15(20)10(8-18(2)3)13(19)9-6-7-11(16)14(21-4)12(9)17;1-20-13-10(15)5-4-8-11(13)16(7-2-3-7)6-9(12(8)17)14(18)19;1-3-18-10(16)6-9(15)7-4-5-8(13)12(17-2)11(7)14;1-5(12)6-3-4-7(10)9(13-2)8(6)11/h6-9,20H,3-5H2,1-2H3;6-9H,3-5H2,1-2H3;6-8H,5H2,1-4H3;4-7H,2-3H2,1H3,(H,18,19);4-5H,3,6H2,1-2H3;3-4H,1-2H3/b;;10-8-;;;. The van der Waals surface area contributed by atoms with Gasteiger partial charge in [-0.3, -0.25) is 33.8 Å². The van der Waals surface area contributed by atoms with Crippen LogP contribution in [0, 0.1) is 58.2 Å². The van der Waals surface area contributed by atoms with Crippen LogP contribution < -0.4 is 39.3 Å². The Morgan fingerprint density at radius 3 is 1.22 bits per heavy atom. The smallest absolute Gasteiger partial charge is 0.343 e. The van der Waals surface area contributed by atoms with Crippen LogP contribution in [0.3, 0.4) is 0 Å². The van der Waals surface area contributed by atoms with E-state index in [9.17, 15) is 97.0 Å². The van der Waals surface area contributed by atoms with E-state index in [1.807, 2.05) is 0 Å². The number of esters is 4. The van der Waals surface area contributed by atoms with Crippen molar-refractivity contribution in [2.75, 3.05) is 83.2 Å². The summed E-state index contributed by atoms with van der Waals surface area (Å²) in [6.45, 7) is 8.11. The molecular weight excluding hydrogens is 1580 g/mol. The number of carboxylic acid groups (broad SMARTS) is 1. The molecular formula is C82H82F10N4O22. The number of Topliss-reactive ketones (excluding diaryl/α,β-unsaturated/α-hetero) is 3. The lowest BCUT2D eigenvalue weighted by molar-refractivity contribution is -0.142. The van der Waals surface area contributed by atoms with E-state index in [0.717, 1.165) is 122 Å². The first-order valence-corrected chi connectivity index (χ1v) is 35.8. The first-order valence-electron chi connectivity index (χ1n) is 35.8. The Morgan fingerprint density at radius 2 is 0.822 bits per heavy atom. The minimum atomic E-state index is -1.28. The van der Waals surface area contributed by atoms with Gasteiger partial charge in [-0.25, -0.2) is 63.1 Å². The number of aliphatic imine (C=N–C) groups is 1. The molecule has 26 nitrogen and oxygen atoms in total. The fourth-order valence-electron chi connectivity index (χ4n) is 10.9. The monoisotopic (exact) mass is 1660 g/mol. The molecule has 0 bridgehead atoms. The normalized spacial score (nSPS) is 12.8. The van der Waals surface area contributed by atoms with Crippen LogP contribution in [0.15, 0.2) is 117 Å². The number of benzene rings is 6. The second kappa shape index (κ2) is 43.1. The van der Waals surface area contributed by atoms with Crippen molar-refractivity contribution in [2.45, 2.75) is 97.7 Å². The number of carboxylic acids is 1. The van der Waals surface area contributed by atoms with Gasteiger partial charge >= 0.3 is 29.8 Å². The fourth-order valence-corrected chi connectivity index (χ4v) is 10.9. The number of ketones is 3. The number of carbonyl (C=O) groups excluding carboxylic acids is 7. The van der Waals surface area contributed by atoms with Crippen molar-refractivity contribution in [3.8, 4) is 34.5 Å². The van der Waals surface area contributed by atoms with Crippen LogP contribution in [0.2, 0.25) is 0 Å². The van der Waals surface area contributed by atoms with Crippen LogP contribution in [0.4, 0.5) is 43.9 Å². The maximum Gasteiger partial charge on any atom is 0.343 e. The van der Waals surface area contributed by atoms with Crippen molar-refractivity contribution < 1.29 is 140 Å². The average Bonchev–Trinajstić information content (AvgIpc) is 1.63. The molecule has 0 aliphatic heterocycles. The van der Waals surface area contributed by atoms with Gasteiger partial charge in [-0.1, -0.05) is 0 Å². The number of aromatic carboxylic acids is 1. The third-order valence-electron chi connectivity index (χ3n) is 16.9. The van der Waals surface area contributed by atoms with Gasteiger partial charge in [0.1, 0.15) is 34.5 Å². The number of ether oxygens (including phenoxy) is 10. The maximum atomic E-state index is 14.2. The molecule has 118 heavy (non-hydrogen) atoms. The number of aliphatic hydroxyl groups excluding tert-OH is 1. The van der Waals surface area contributed by atoms with Gasteiger partial charge < -0.3 is 71.6 Å². The Bertz CT molecular complexity index is 5340. The highest BCUT2D eigenvalue weighted by Gasteiger charge is 2.33. The molecule has 6 aromatic carbocycles. The van der Waals surface area contributed by atoms with E-state index >= 15 is 0 Å². The Hall–Kier alpha value is -13.1. The second-order valence-electron chi connectivity index (χ2n) is 25.3. The van der Waals surface area contributed by atoms with Crippen molar-refractivity contribution in [2.24, 2.45) is 4.99 Å².